The monoisotopic (exact) mass is 313 g/mol. The third-order valence-corrected chi connectivity index (χ3v) is 6.10. The summed E-state index contributed by atoms with van der Waals surface area (Å²) in [6, 6.07) is 5.18. The minimum absolute atomic E-state index is 0.723. The van der Waals surface area contributed by atoms with Gasteiger partial charge in [0, 0.05) is 10.9 Å². The first-order valence-electron chi connectivity index (χ1n) is 6.77. The van der Waals surface area contributed by atoms with Crippen molar-refractivity contribution in [2.75, 3.05) is 6.54 Å². The number of fused-ring (bicyclic) bond motifs is 1. The average molecular weight is 314 g/mol. The van der Waals surface area contributed by atoms with Crippen molar-refractivity contribution in [3.8, 4) is 0 Å². The largest absolute Gasteiger partial charge is 0.314 e. The maximum Gasteiger partial charge on any atom is 0.0701 e. The van der Waals surface area contributed by atoms with Gasteiger partial charge in [-0.1, -0.05) is 13.3 Å². The van der Waals surface area contributed by atoms with E-state index in [9.17, 15) is 0 Å². The summed E-state index contributed by atoms with van der Waals surface area (Å²) in [5.41, 5.74) is 0. The van der Waals surface area contributed by atoms with Gasteiger partial charge in [0.2, 0.25) is 0 Å². The third-order valence-electron chi connectivity index (χ3n) is 4.45. The fraction of sp³-hybridized carbons (Fsp3) is 0.714. The Labute approximate surface area is 116 Å². The van der Waals surface area contributed by atoms with Gasteiger partial charge in [-0.15, -0.1) is 11.3 Å². The highest BCUT2D eigenvalue weighted by molar-refractivity contribution is 9.11. The summed E-state index contributed by atoms with van der Waals surface area (Å²) in [4.78, 5) is 1.52. The Balaban J connectivity index is 1.64. The summed E-state index contributed by atoms with van der Waals surface area (Å²) in [6.45, 7) is 3.34. The van der Waals surface area contributed by atoms with Crippen LogP contribution in [0.2, 0.25) is 0 Å². The molecule has 0 bridgehead atoms. The van der Waals surface area contributed by atoms with Crippen molar-refractivity contribution in [1.82, 2.24) is 5.32 Å². The van der Waals surface area contributed by atoms with Crippen molar-refractivity contribution in [1.29, 1.82) is 0 Å². The molecule has 0 radical (unpaired) electrons. The molecular weight excluding hydrogens is 294 g/mol. The van der Waals surface area contributed by atoms with Gasteiger partial charge in [-0.05, 0) is 71.6 Å². The molecule has 1 aromatic heterocycles. The molecule has 0 saturated heterocycles. The minimum atomic E-state index is 0.723. The van der Waals surface area contributed by atoms with Crippen LogP contribution in [-0.2, 0) is 6.42 Å². The SMILES string of the molecule is CCNC(Cc1ccc(Br)s1)C1C2CCCC21. The zero-order valence-electron chi connectivity index (χ0n) is 10.3. The maximum atomic E-state index is 3.72. The number of hydrogen-bond donors (Lipinski definition) is 1. The van der Waals surface area contributed by atoms with Gasteiger partial charge in [0.1, 0.15) is 0 Å². The van der Waals surface area contributed by atoms with Crippen molar-refractivity contribution in [2.45, 2.75) is 38.6 Å². The number of likely N-dealkylation sites (N-methyl/N-ethyl adjacent to an activating group) is 1. The van der Waals surface area contributed by atoms with Gasteiger partial charge in [0.25, 0.3) is 0 Å². The molecule has 3 atom stereocenters. The molecule has 17 heavy (non-hydrogen) atoms. The lowest BCUT2D eigenvalue weighted by atomic mass is 10.0. The Morgan fingerprint density at radius 1 is 1.41 bits per heavy atom. The van der Waals surface area contributed by atoms with Gasteiger partial charge < -0.3 is 5.32 Å². The van der Waals surface area contributed by atoms with E-state index in [4.69, 9.17) is 0 Å². The predicted octanol–water partition coefficient (Wildman–Crippen LogP) is 4.08. The molecule has 2 saturated carbocycles. The number of nitrogens with one attached hydrogen (secondary N) is 1. The van der Waals surface area contributed by atoms with Gasteiger partial charge in [-0.25, -0.2) is 0 Å². The summed E-state index contributed by atoms with van der Waals surface area (Å²) in [5, 5.41) is 3.72. The summed E-state index contributed by atoms with van der Waals surface area (Å²) >= 11 is 5.45. The topological polar surface area (TPSA) is 12.0 Å². The molecule has 0 aliphatic heterocycles. The Morgan fingerprint density at radius 3 is 2.76 bits per heavy atom. The van der Waals surface area contributed by atoms with E-state index < -0.39 is 0 Å². The molecule has 1 nitrogen and oxygen atoms in total. The lowest BCUT2D eigenvalue weighted by Gasteiger charge is -2.19. The maximum absolute atomic E-state index is 3.72. The van der Waals surface area contributed by atoms with Crippen molar-refractivity contribution >= 4 is 27.3 Å². The highest BCUT2D eigenvalue weighted by Crippen LogP contribution is 2.59. The number of rotatable bonds is 5. The second-order valence-corrected chi connectivity index (χ2v) is 7.96. The Hall–Kier alpha value is 0.140. The van der Waals surface area contributed by atoms with E-state index in [0.29, 0.717) is 0 Å². The normalized spacial score (nSPS) is 32.5. The first-order valence-corrected chi connectivity index (χ1v) is 8.38. The van der Waals surface area contributed by atoms with E-state index in [0.717, 1.165) is 30.3 Å². The average Bonchev–Trinajstić information content (AvgIpc) is 2.67. The number of halogens is 1. The smallest absolute Gasteiger partial charge is 0.0701 e. The van der Waals surface area contributed by atoms with E-state index in [-0.39, 0.29) is 0 Å². The lowest BCUT2D eigenvalue weighted by Crippen LogP contribution is -2.34. The molecule has 1 N–H and O–H groups in total. The molecule has 2 aliphatic rings. The first-order chi connectivity index (χ1) is 8.29. The fourth-order valence-corrected chi connectivity index (χ4v) is 5.30. The molecular formula is C14H20BrNS. The summed E-state index contributed by atoms with van der Waals surface area (Å²) < 4.78 is 1.26. The van der Waals surface area contributed by atoms with Gasteiger partial charge in [-0.2, -0.15) is 0 Å². The van der Waals surface area contributed by atoms with Crippen LogP contribution in [0.3, 0.4) is 0 Å². The van der Waals surface area contributed by atoms with E-state index in [2.05, 4.69) is 40.3 Å². The Bertz CT molecular complexity index is 379. The highest BCUT2D eigenvalue weighted by Gasteiger charge is 2.55. The quantitative estimate of drug-likeness (QED) is 0.863. The fourth-order valence-electron chi connectivity index (χ4n) is 3.76. The van der Waals surface area contributed by atoms with Crippen LogP contribution < -0.4 is 5.32 Å². The molecule has 94 valence electrons. The van der Waals surface area contributed by atoms with Crippen molar-refractivity contribution in [3.63, 3.8) is 0 Å². The van der Waals surface area contributed by atoms with Gasteiger partial charge in [0.05, 0.1) is 3.79 Å². The summed E-state index contributed by atoms with van der Waals surface area (Å²) in [5.74, 6) is 3.09. The predicted molar refractivity (Wildman–Crippen MR) is 77.5 cm³/mol. The molecule has 1 heterocycles. The van der Waals surface area contributed by atoms with E-state index in [1.54, 1.807) is 0 Å². The van der Waals surface area contributed by atoms with E-state index in [1.807, 2.05) is 11.3 Å². The summed E-state index contributed by atoms with van der Waals surface area (Å²) in [7, 11) is 0. The van der Waals surface area contributed by atoms with Crippen molar-refractivity contribution in [2.24, 2.45) is 17.8 Å². The van der Waals surface area contributed by atoms with Crippen LogP contribution in [0.5, 0.6) is 0 Å². The zero-order chi connectivity index (χ0) is 11.8. The molecule has 1 aromatic rings. The standard InChI is InChI=1S/C14H20BrNS/c1-2-16-12(8-9-6-7-13(15)17-9)14-10-4-3-5-11(10)14/h6-7,10-12,14,16H,2-5,8H2,1H3. The highest BCUT2D eigenvalue weighted by atomic mass is 79.9. The molecule has 2 aliphatic carbocycles. The second kappa shape index (κ2) is 5.02. The van der Waals surface area contributed by atoms with Crippen LogP contribution in [0, 0.1) is 17.8 Å². The molecule has 0 amide bonds. The minimum Gasteiger partial charge on any atom is -0.314 e. The summed E-state index contributed by atoms with van der Waals surface area (Å²) in [6.07, 6.45) is 5.69. The van der Waals surface area contributed by atoms with Gasteiger partial charge >= 0.3 is 0 Å². The van der Waals surface area contributed by atoms with Gasteiger partial charge in [0.15, 0.2) is 0 Å². The zero-order valence-corrected chi connectivity index (χ0v) is 12.7. The molecule has 3 unspecified atom stereocenters. The lowest BCUT2D eigenvalue weighted by molar-refractivity contribution is 0.412. The van der Waals surface area contributed by atoms with E-state index >= 15 is 0 Å². The van der Waals surface area contributed by atoms with Gasteiger partial charge in [-0.3, -0.25) is 0 Å². The van der Waals surface area contributed by atoms with Crippen LogP contribution in [0.15, 0.2) is 15.9 Å². The number of hydrogen-bond acceptors (Lipinski definition) is 2. The molecule has 3 heteroatoms. The Kier molecular flexibility index (Phi) is 3.60. The third kappa shape index (κ3) is 2.47. The molecule has 3 rings (SSSR count). The number of thiophene rings is 1. The van der Waals surface area contributed by atoms with Crippen LogP contribution in [0.4, 0.5) is 0 Å². The van der Waals surface area contributed by atoms with Crippen molar-refractivity contribution in [3.05, 3.63) is 20.8 Å². The van der Waals surface area contributed by atoms with Crippen molar-refractivity contribution < 1.29 is 0 Å². The van der Waals surface area contributed by atoms with Crippen LogP contribution >= 0.6 is 27.3 Å². The second-order valence-electron chi connectivity index (χ2n) is 5.41. The molecule has 0 aromatic carbocycles. The van der Waals surface area contributed by atoms with E-state index in [1.165, 1.54) is 34.3 Å². The molecule has 0 spiro atoms. The van der Waals surface area contributed by atoms with Crippen LogP contribution in [0.25, 0.3) is 0 Å². The first kappa shape index (κ1) is 12.2. The Morgan fingerprint density at radius 2 is 2.18 bits per heavy atom. The molecule has 2 fully saturated rings. The van der Waals surface area contributed by atoms with Crippen LogP contribution in [-0.4, -0.2) is 12.6 Å². The van der Waals surface area contributed by atoms with Crippen LogP contribution in [0.1, 0.15) is 31.1 Å².